The summed E-state index contributed by atoms with van der Waals surface area (Å²) in [4.78, 5) is 0. The van der Waals surface area contributed by atoms with Gasteiger partial charge >= 0.3 is 0 Å². The monoisotopic (exact) mass is 730 g/mol. The van der Waals surface area contributed by atoms with Crippen LogP contribution >= 0.6 is 0 Å². The Kier molecular flexibility index (Phi) is 6.54. The third-order valence-electron chi connectivity index (χ3n) is 12.9. The number of fused-ring (bicyclic) bond motifs is 9. The van der Waals surface area contributed by atoms with Crippen molar-refractivity contribution in [3.05, 3.63) is 206 Å². The largest absolute Gasteiger partial charge is 0.0622 e. The summed E-state index contributed by atoms with van der Waals surface area (Å²) in [6.07, 6.45) is 0. The molecule has 0 atom stereocenters. The summed E-state index contributed by atoms with van der Waals surface area (Å²) < 4.78 is 0. The Bertz CT molecular complexity index is 3520. The first-order chi connectivity index (χ1) is 28.8. The summed E-state index contributed by atoms with van der Waals surface area (Å²) in [5, 5.41) is 10.4. The summed E-state index contributed by atoms with van der Waals surface area (Å²) >= 11 is 0. The van der Waals surface area contributed by atoms with Crippen molar-refractivity contribution >= 4 is 43.1 Å². The van der Waals surface area contributed by atoms with Crippen LogP contribution in [0.25, 0.3) is 132 Å². The highest BCUT2D eigenvalue weighted by atomic mass is 14.3. The van der Waals surface area contributed by atoms with Gasteiger partial charge in [-0.3, -0.25) is 0 Å². The average molecular weight is 731 g/mol. The molecule has 11 aromatic carbocycles. The smallest absolute Gasteiger partial charge is 0.000719 e. The highest BCUT2D eigenvalue weighted by molar-refractivity contribution is 6.31. The summed E-state index contributed by atoms with van der Waals surface area (Å²) in [5.41, 5.74) is 20.6. The van der Waals surface area contributed by atoms with Crippen LogP contribution in [0.2, 0.25) is 0 Å². The zero-order chi connectivity index (χ0) is 37.9. The molecule has 0 saturated carbocycles. The van der Waals surface area contributed by atoms with Gasteiger partial charge in [0.25, 0.3) is 0 Å². The average Bonchev–Trinajstić information content (AvgIpc) is 3.80. The molecule has 0 heterocycles. The minimum Gasteiger partial charge on any atom is -0.0622 e. The van der Waals surface area contributed by atoms with Crippen LogP contribution in [-0.2, 0) is 0 Å². The Morgan fingerprint density at radius 1 is 0.190 bits per heavy atom. The quantitative estimate of drug-likeness (QED) is 0.158. The van der Waals surface area contributed by atoms with Crippen molar-refractivity contribution in [2.75, 3.05) is 0 Å². The van der Waals surface area contributed by atoms with Gasteiger partial charge in [0.15, 0.2) is 0 Å². The molecule has 0 N–H and O–H groups in total. The maximum absolute atomic E-state index is 2.49. The lowest BCUT2D eigenvalue weighted by atomic mass is 9.81. The van der Waals surface area contributed by atoms with Crippen molar-refractivity contribution in [1.82, 2.24) is 0 Å². The van der Waals surface area contributed by atoms with E-state index in [2.05, 4.69) is 206 Å². The summed E-state index contributed by atoms with van der Waals surface area (Å²) in [5.74, 6) is 0. The van der Waals surface area contributed by atoms with E-state index in [1.807, 2.05) is 0 Å². The van der Waals surface area contributed by atoms with Crippen LogP contribution in [0.1, 0.15) is 0 Å². The van der Waals surface area contributed by atoms with Crippen molar-refractivity contribution in [3.8, 4) is 89.0 Å². The first-order valence-corrected chi connectivity index (χ1v) is 20.3. The van der Waals surface area contributed by atoms with E-state index in [1.165, 1.54) is 132 Å². The zero-order valence-corrected chi connectivity index (χ0v) is 31.6. The predicted octanol–water partition coefficient (Wildman–Crippen LogP) is 16.3. The Balaban J connectivity index is 1.11. The molecule has 2 aliphatic rings. The molecule has 0 radical (unpaired) electrons. The highest BCUT2D eigenvalue weighted by Crippen LogP contribution is 2.59. The van der Waals surface area contributed by atoms with Crippen LogP contribution in [0.5, 0.6) is 0 Å². The van der Waals surface area contributed by atoms with E-state index in [0.29, 0.717) is 0 Å². The van der Waals surface area contributed by atoms with E-state index in [4.69, 9.17) is 0 Å². The van der Waals surface area contributed by atoms with Gasteiger partial charge in [-0.25, -0.2) is 0 Å². The maximum atomic E-state index is 2.49. The second-order valence-electron chi connectivity index (χ2n) is 15.9. The fraction of sp³-hybridized carbons (Fsp3) is 0. The Hall–Kier alpha value is -7.54. The first kappa shape index (κ1) is 31.6. The van der Waals surface area contributed by atoms with Crippen LogP contribution in [0.3, 0.4) is 0 Å². The van der Waals surface area contributed by atoms with E-state index >= 15 is 0 Å². The van der Waals surface area contributed by atoms with Gasteiger partial charge < -0.3 is 0 Å². The van der Waals surface area contributed by atoms with Gasteiger partial charge in [0.1, 0.15) is 0 Å². The Labute approximate surface area is 336 Å². The lowest BCUT2D eigenvalue weighted by Crippen LogP contribution is -1.94. The standard InChI is InChI=1S/C58H34/c1-4-14-35(15-5-1)38-26-28-43-47-31-30-42(45-22-12-24-46(55(45)47)50(43)32-38)40-27-29-48-51(33-40)54(37-18-8-3-9-19-37)58-52-34-39-20-10-11-21-41(39)44-23-13-25-49(56(44)52)57(58)53(48)36-16-6-2-7-17-36/h1-34H. The third-order valence-corrected chi connectivity index (χ3v) is 12.9. The second-order valence-corrected chi connectivity index (χ2v) is 15.9. The van der Waals surface area contributed by atoms with Gasteiger partial charge in [-0.2, -0.15) is 0 Å². The topological polar surface area (TPSA) is 0 Å². The van der Waals surface area contributed by atoms with Crippen LogP contribution < -0.4 is 0 Å². The molecule has 58 heavy (non-hydrogen) atoms. The van der Waals surface area contributed by atoms with Crippen LogP contribution in [0.4, 0.5) is 0 Å². The van der Waals surface area contributed by atoms with E-state index < -0.39 is 0 Å². The van der Waals surface area contributed by atoms with E-state index in [0.717, 1.165) is 0 Å². The van der Waals surface area contributed by atoms with Crippen LogP contribution in [0, 0.1) is 0 Å². The molecule has 0 aliphatic heterocycles. The highest BCUT2D eigenvalue weighted by Gasteiger charge is 2.32. The van der Waals surface area contributed by atoms with Gasteiger partial charge in [-0.1, -0.05) is 188 Å². The Morgan fingerprint density at radius 3 is 1.52 bits per heavy atom. The fourth-order valence-electron chi connectivity index (χ4n) is 10.5. The van der Waals surface area contributed by atoms with Crippen LogP contribution in [0.15, 0.2) is 206 Å². The molecule has 0 heteroatoms. The van der Waals surface area contributed by atoms with Crippen molar-refractivity contribution in [3.63, 3.8) is 0 Å². The van der Waals surface area contributed by atoms with Crippen molar-refractivity contribution < 1.29 is 0 Å². The molecule has 0 nitrogen and oxygen atoms in total. The molecule has 2 aliphatic carbocycles. The molecule has 11 aromatic rings. The maximum Gasteiger partial charge on any atom is -0.000719 e. The molecule has 0 saturated heterocycles. The van der Waals surface area contributed by atoms with E-state index in [1.54, 1.807) is 0 Å². The predicted molar refractivity (Wildman–Crippen MR) is 247 cm³/mol. The summed E-state index contributed by atoms with van der Waals surface area (Å²) in [7, 11) is 0. The van der Waals surface area contributed by atoms with E-state index in [9.17, 15) is 0 Å². The lowest BCUT2D eigenvalue weighted by molar-refractivity contribution is 1.61. The normalized spacial score (nSPS) is 12.1. The number of benzene rings is 11. The Morgan fingerprint density at radius 2 is 0.741 bits per heavy atom. The molecule has 0 aromatic heterocycles. The molecule has 266 valence electrons. The van der Waals surface area contributed by atoms with E-state index in [-0.39, 0.29) is 0 Å². The van der Waals surface area contributed by atoms with Crippen molar-refractivity contribution in [1.29, 1.82) is 0 Å². The molecule has 0 spiro atoms. The van der Waals surface area contributed by atoms with Crippen molar-refractivity contribution in [2.24, 2.45) is 0 Å². The first-order valence-electron chi connectivity index (χ1n) is 20.3. The molecule has 0 amide bonds. The minimum absolute atomic E-state index is 1.23. The lowest BCUT2D eigenvalue weighted by Gasteiger charge is -2.21. The SMILES string of the molecule is c1ccc(-c2ccc3c(c2)-c2cccc4c(-c5ccc6c(-c7ccccc7)c7c(c(-c8ccccc8)c6c5)-c5cc6ccccc6c6cccc-7c56)ccc-3c24)cc1. The van der Waals surface area contributed by atoms with Gasteiger partial charge in [-0.15, -0.1) is 0 Å². The molecule has 13 rings (SSSR count). The third kappa shape index (κ3) is 4.35. The molecular formula is C58H34. The molecule has 0 bridgehead atoms. The van der Waals surface area contributed by atoms with Crippen molar-refractivity contribution in [2.45, 2.75) is 0 Å². The van der Waals surface area contributed by atoms with Gasteiger partial charge in [0.05, 0.1) is 0 Å². The number of rotatable bonds is 4. The van der Waals surface area contributed by atoms with Crippen LogP contribution in [-0.4, -0.2) is 0 Å². The summed E-state index contributed by atoms with van der Waals surface area (Å²) in [6, 6.07) is 77.0. The minimum atomic E-state index is 1.23. The van der Waals surface area contributed by atoms with Gasteiger partial charge in [0, 0.05) is 0 Å². The van der Waals surface area contributed by atoms with Gasteiger partial charge in [-0.05, 0) is 150 Å². The van der Waals surface area contributed by atoms with Gasteiger partial charge in [0.2, 0.25) is 0 Å². The zero-order valence-electron chi connectivity index (χ0n) is 31.6. The molecular weight excluding hydrogens is 697 g/mol. The molecule has 0 fully saturated rings. The summed E-state index contributed by atoms with van der Waals surface area (Å²) in [6.45, 7) is 0. The second kappa shape index (κ2) is 12.0. The number of hydrogen-bond donors (Lipinski definition) is 0. The fourth-order valence-corrected chi connectivity index (χ4v) is 10.5. The molecule has 0 unspecified atom stereocenters. The number of hydrogen-bond acceptors (Lipinski definition) is 0.